The average molecular weight is 422 g/mol. The molecule has 31 heavy (non-hydrogen) atoms. The molecular weight excluding hydrogens is 396 g/mol. The standard InChI is InChI=1S/C24H26N2O5/c1-2-7-21(22(27)26-12-15(13-26)23(28)29)25-24(30)31-14-20-18-10-5-3-8-16(18)17-9-4-6-11-19(17)20/h3-6,8-11,15,20-21H,2,7,12-14H2,1H3,(H,25,30)(H,28,29)/t21-/m1/s1. The van der Waals surface area contributed by atoms with E-state index in [4.69, 9.17) is 9.84 Å². The van der Waals surface area contributed by atoms with E-state index in [1.807, 2.05) is 43.3 Å². The molecule has 4 rings (SSSR count). The Morgan fingerprint density at radius 1 is 1.06 bits per heavy atom. The van der Waals surface area contributed by atoms with Crippen molar-refractivity contribution in [3.05, 3.63) is 59.7 Å². The van der Waals surface area contributed by atoms with Crippen LogP contribution in [0.5, 0.6) is 0 Å². The maximum absolute atomic E-state index is 12.7. The number of likely N-dealkylation sites (tertiary alicyclic amines) is 1. The summed E-state index contributed by atoms with van der Waals surface area (Å²) in [6.45, 7) is 2.47. The van der Waals surface area contributed by atoms with Crippen LogP contribution in [0.25, 0.3) is 11.1 Å². The van der Waals surface area contributed by atoms with Gasteiger partial charge in [0.2, 0.25) is 5.91 Å². The Bertz CT molecular complexity index is 953. The van der Waals surface area contributed by atoms with Crippen LogP contribution in [0.15, 0.2) is 48.5 Å². The van der Waals surface area contributed by atoms with Crippen molar-refractivity contribution in [1.82, 2.24) is 10.2 Å². The normalized spacial score (nSPS) is 16.1. The van der Waals surface area contributed by atoms with Crippen LogP contribution in [0.2, 0.25) is 0 Å². The van der Waals surface area contributed by atoms with E-state index in [-0.39, 0.29) is 31.5 Å². The fraction of sp³-hybridized carbons (Fsp3) is 0.375. The summed E-state index contributed by atoms with van der Waals surface area (Å²) in [6, 6.07) is 15.5. The smallest absolute Gasteiger partial charge is 0.407 e. The number of carbonyl (C=O) groups is 3. The number of nitrogens with one attached hydrogen (secondary N) is 1. The summed E-state index contributed by atoms with van der Waals surface area (Å²) in [4.78, 5) is 37.6. The number of fused-ring (bicyclic) bond motifs is 3. The van der Waals surface area contributed by atoms with Gasteiger partial charge in [-0.05, 0) is 28.7 Å². The van der Waals surface area contributed by atoms with E-state index in [0.29, 0.717) is 12.8 Å². The molecule has 1 aliphatic heterocycles. The molecule has 2 N–H and O–H groups in total. The second-order valence-electron chi connectivity index (χ2n) is 8.09. The molecule has 2 aromatic rings. The Morgan fingerprint density at radius 3 is 2.19 bits per heavy atom. The van der Waals surface area contributed by atoms with Gasteiger partial charge in [-0.15, -0.1) is 0 Å². The molecule has 1 heterocycles. The lowest BCUT2D eigenvalue weighted by Crippen LogP contribution is -2.58. The first kappa shape index (κ1) is 20.9. The number of nitrogens with zero attached hydrogens (tertiary/aromatic N) is 1. The average Bonchev–Trinajstić information content (AvgIpc) is 3.04. The van der Waals surface area contributed by atoms with Crippen molar-refractivity contribution >= 4 is 18.0 Å². The number of carboxylic acid groups (broad SMARTS) is 1. The first-order valence-electron chi connectivity index (χ1n) is 10.6. The molecule has 0 saturated carbocycles. The quantitative estimate of drug-likeness (QED) is 0.714. The molecule has 0 unspecified atom stereocenters. The number of rotatable bonds is 7. The van der Waals surface area contributed by atoms with Crippen molar-refractivity contribution in [3.8, 4) is 11.1 Å². The monoisotopic (exact) mass is 422 g/mol. The Labute approximate surface area is 181 Å². The Balaban J connectivity index is 1.38. The number of ether oxygens (including phenoxy) is 1. The minimum atomic E-state index is -0.902. The van der Waals surface area contributed by atoms with Crippen molar-refractivity contribution < 1.29 is 24.2 Å². The number of benzene rings is 2. The molecular formula is C24H26N2O5. The van der Waals surface area contributed by atoms with Gasteiger partial charge in [0, 0.05) is 19.0 Å². The lowest BCUT2D eigenvalue weighted by molar-refractivity contribution is -0.153. The van der Waals surface area contributed by atoms with E-state index in [9.17, 15) is 14.4 Å². The minimum Gasteiger partial charge on any atom is -0.481 e. The summed E-state index contributed by atoms with van der Waals surface area (Å²) >= 11 is 0. The van der Waals surface area contributed by atoms with Crippen molar-refractivity contribution in [2.75, 3.05) is 19.7 Å². The molecule has 0 bridgehead atoms. The fourth-order valence-corrected chi connectivity index (χ4v) is 4.36. The summed E-state index contributed by atoms with van der Waals surface area (Å²) in [5.41, 5.74) is 4.55. The first-order valence-corrected chi connectivity index (χ1v) is 10.6. The third kappa shape index (κ3) is 4.13. The highest BCUT2D eigenvalue weighted by Crippen LogP contribution is 2.44. The SMILES string of the molecule is CCC[C@@H](NC(=O)OCC1c2ccccc2-c2ccccc21)C(=O)N1CC(C(=O)O)C1. The maximum Gasteiger partial charge on any atom is 0.407 e. The number of hydrogen-bond donors (Lipinski definition) is 2. The van der Waals surface area contributed by atoms with Gasteiger partial charge in [0.05, 0.1) is 5.92 Å². The second kappa shape index (κ2) is 8.79. The van der Waals surface area contributed by atoms with Gasteiger partial charge in [-0.25, -0.2) is 4.79 Å². The zero-order valence-corrected chi connectivity index (χ0v) is 17.4. The third-order valence-electron chi connectivity index (χ3n) is 6.05. The molecule has 7 heteroatoms. The highest BCUT2D eigenvalue weighted by molar-refractivity contribution is 5.88. The van der Waals surface area contributed by atoms with E-state index in [1.165, 1.54) is 4.90 Å². The molecule has 7 nitrogen and oxygen atoms in total. The number of aliphatic carboxylic acids is 1. The van der Waals surface area contributed by atoms with E-state index in [2.05, 4.69) is 17.4 Å². The summed E-state index contributed by atoms with van der Waals surface area (Å²) < 4.78 is 5.54. The molecule has 1 fully saturated rings. The van der Waals surface area contributed by atoms with Gasteiger partial charge < -0.3 is 20.1 Å². The van der Waals surface area contributed by atoms with Gasteiger partial charge >= 0.3 is 12.1 Å². The van der Waals surface area contributed by atoms with Gasteiger partial charge in [0.1, 0.15) is 12.6 Å². The summed E-state index contributed by atoms with van der Waals surface area (Å²) in [5.74, 6) is -1.74. The highest BCUT2D eigenvalue weighted by atomic mass is 16.5. The second-order valence-corrected chi connectivity index (χ2v) is 8.09. The van der Waals surface area contributed by atoms with Gasteiger partial charge in [-0.1, -0.05) is 61.9 Å². The molecule has 2 amide bonds. The lowest BCUT2D eigenvalue weighted by Gasteiger charge is -2.38. The summed E-state index contributed by atoms with van der Waals surface area (Å²) in [5, 5.41) is 11.7. The topological polar surface area (TPSA) is 95.9 Å². The minimum absolute atomic E-state index is 0.0508. The molecule has 2 aliphatic rings. The number of carboxylic acids is 1. The van der Waals surface area contributed by atoms with E-state index >= 15 is 0 Å². The van der Waals surface area contributed by atoms with Crippen LogP contribution in [-0.2, 0) is 14.3 Å². The van der Waals surface area contributed by atoms with Gasteiger partial charge in [-0.2, -0.15) is 0 Å². The van der Waals surface area contributed by atoms with Crippen LogP contribution < -0.4 is 5.32 Å². The summed E-state index contributed by atoms with van der Waals surface area (Å²) in [6.07, 6.45) is 0.539. The van der Waals surface area contributed by atoms with Crippen LogP contribution in [-0.4, -0.2) is 53.7 Å². The Hall–Kier alpha value is -3.35. The Kier molecular flexibility index (Phi) is 5.93. The highest BCUT2D eigenvalue weighted by Gasteiger charge is 2.38. The Morgan fingerprint density at radius 2 is 1.65 bits per heavy atom. The zero-order valence-electron chi connectivity index (χ0n) is 17.4. The first-order chi connectivity index (χ1) is 15.0. The lowest BCUT2D eigenvalue weighted by atomic mass is 9.98. The molecule has 0 radical (unpaired) electrons. The molecule has 0 spiro atoms. The number of hydrogen-bond acceptors (Lipinski definition) is 4. The number of carbonyl (C=O) groups excluding carboxylic acids is 2. The molecule has 162 valence electrons. The molecule has 2 aromatic carbocycles. The number of amides is 2. The fourth-order valence-electron chi connectivity index (χ4n) is 4.36. The summed E-state index contributed by atoms with van der Waals surface area (Å²) in [7, 11) is 0. The van der Waals surface area contributed by atoms with E-state index in [0.717, 1.165) is 22.3 Å². The van der Waals surface area contributed by atoms with Gasteiger partial charge in [-0.3, -0.25) is 9.59 Å². The number of alkyl carbamates (subject to hydrolysis) is 1. The van der Waals surface area contributed by atoms with Crippen molar-refractivity contribution in [1.29, 1.82) is 0 Å². The van der Waals surface area contributed by atoms with Gasteiger partial charge in [0.25, 0.3) is 0 Å². The molecule has 1 atom stereocenters. The largest absolute Gasteiger partial charge is 0.481 e. The predicted molar refractivity (Wildman–Crippen MR) is 115 cm³/mol. The van der Waals surface area contributed by atoms with Crippen LogP contribution in [0.1, 0.15) is 36.8 Å². The molecule has 0 aromatic heterocycles. The van der Waals surface area contributed by atoms with Crippen molar-refractivity contribution in [3.63, 3.8) is 0 Å². The van der Waals surface area contributed by atoms with Crippen molar-refractivity contribution in [2.24, 2.45) is 5.92 Å². The van der Waals surface area contributed by atoms with Crippen LogP contribution in [0.3, 0.4) is 0 Å². The zero-order chi connectivity index (χ0) is 22.0. The predicted octanol–water partition coefficient (Wildman–Crippen LogP) is 3.24. The van der Waals surface area contributed by atoms with Crippen LogP contribution in [0.4, 0.5) is 4.79 Å². The maximum atomic E-state index is 12.7. The van der Waals surface area contributed by atoms with E-state index in [1.54, 1.807) is 0 Å². The van der Waals surface area contributed by atoms with Crippen LogP contribution in [0, 0.1) is 5.92 Å². The van der Waals surface area contributed by atoms with Crippen LogP contribution >= 0.6 is 0 Å². The third-order valence-corrected chi connectivity index (χ3v) is 6.05. The molecule has 1 saturated heterocycles. The van der Waals surface area contributed by atoms with E-state index < -0.39 is 24.0 Å². The molecule has 1 aliphatic carbocycles. The van der Waals surface area contributed by atoms with Gasteiger partial charge in [0.15, 0.2) is 0 Å². The van der Waals surface area contributed by atoms with Crippen molar-refractivity contribution in [2.45, 2.75) is 31.7 Å².